The number of hydrogen-bond acceptors (Lipinski definition) is 16. The summed E-state index contributed by atoms with van der Waals surface area (Å²) in [7, 11) is -4.03. The molecule has 0 radical (unpaired) electrons. The van der Waals surface area contributed by atoms with Gasteiger partial charge in [0, 0.05) is 18.3 Å². The molecule has 3 aliphatic rings. The van der Waals surface area contributed by atoms with Crippen molar-refractivity contribution in [3.63, 3.8) is 0 Å². The molecule has 0 amide bonds. The lowest BCUT2D eigenvalue weighted by Gasteiger charge is -2.26. The Kier molecular flexibility index (Phi) is 7.76. The van der Waals surface area contributed by atoms with E-state index in [9.17, 15) is 19.9 Å². The standard InChI is InChI=1S/C22H27N9O9P2S/c23-16-12-18(26-6-25-16)31(7-27-12)20-13(32)9-5-41(35)36-4-11-14(33)15(40-42(43)37-3-10(9)38-20)21(39-11)30-2-1-8-17(30)28-22(24)29-19(8)34/h1-2,6-7,9-11,13-15,20-21,32-33,35,43H,3-5H2,(H2,23,25,26)(H3,24,28,29,34). The van der Waals surface area contributed by atoms with Gasteiger partial charge in [0.05, 0.1) is 31.0 Å². The van der Waals surface area contributed by atoms with Crippen molar-refractivity contribution in [3.8, 4) is 0 Å². The van der Waals surface area contributed by atoms with Crippen LogP contribution in [0.25, 0.3) is 22.2 Å². The molecule has 0 spiro atoms. The Morgan fingerprint density at radius 3 is 2.65 bits per heavy atom. The van der Waals surface area contributed by atoms with Gasteiger partial charge in [0.25, 0.3) is 5.56 Å². The van der Waals surface area contributed by atoms with E-state index in [0.29, 0.717) is 11.2 Å². The average molecular weight is 656 g/mol. The molecule has 0 saturated carbocycles. The fourth-order valence-corrected chi connectivity index (χ4v) is 8.12. The zero-order chi connectivity index (χ0) is 30.0. The molecule has 7 heterocycles. The third-order valence-corrected chi connectivity index (χ3v) is 10.3. The van der Waals surface area contributed by atoms with Crippen LogP contribution in [0.4, 0.5) is 11.8 Å². The minimum atomic E-state index is -2.10. The van der Waals surface area contributed by atoms with Crippen LogP contribution < -0.4 is 17.0 Å². The number of rotatable bonds is 2. The predicted octanol–water partition coefficient (Wildman–Crippen LogP) is -0.245. The molecule has 10 atom stereocenters. The summed E-state index contributed by atoms with van der Waals surface area (Å²) >= 11 is 4.49. The van der Waals surface area contributed by atoms with Gasteiger partial charge < -0.3 is 54.2 Å². The lowest BCUT2D eigenvalue weighted by Crippen LogP contribution is -2.34. The number of aromatic amines is 1. The number of nitrogen functional groups attached to an aromatic ring is 2. The van der Waals surface area contributed by atoms with Crippen molar-refractivity contribution >= 4 is 62.2 Å². The molecule has 0 aliphatic carbocycles. The first-order valence-corrected chi connectivity index (χ1v) is 16.8. The van der Waals surface area contributed by atoms with E-state index in [2.05, 4.69) is 37.2 Å². The third kappa shape index (κ3) is 5.17. The SMILES string of the molecule is Nc1nc2c(ccn2C2OC3COP(O)CC4C(COP(S)OC2C3O)OC(n2cnc3c(N)ncnc32)C4O)c(=O)[nH]1. The molecule has 0 aromatic carbocycles. The molecule has 21 heteroatoms. The number of imidazole rings is 1. The van der Waals surface area contributed by atoms with Crippen LogP contribution >= 0.6 is 28.2 Å². The first kappa shape index (κ1) is 29.2. The lowest BCUT2D eigenvalue weighted by molar-refractivity contribution is -0.0506. The van der Waals surface area contributed by atoms with Gasteiger partial charge in [-0.3, -0.25) is 14.3 Å². The largest absolute Gasteiger partial charge is 0.388 e. The van der Waals surface area contributed by atoms with Crippen LogP contribution in [0.3, 0.4) is 0 Å². The topological polar surface area (TPSA) is 253 Å². The number of aliphatic hydroxyl groups is 2. The normalized spacial score (nSPS) is 35.4. The van der Waals surface area contributed by atoms with Crippen LogP contribution in [0.15, 0.2) is 29.7 Å². The Hall–Kier alpha value is -2.54. The zero-order valence-corrected chi connectivity index (χ0v) is 24.7. The highest BCUT2D eigenvalue weighted by Crippen LogP contribution is 2.52. The van der Waals surface area contributed by atoms with Crippen molar-refractivity contribution in [2.45, 2.75) is 43.0 Å². The molecule has 18 nitrogen and oxygen atoms in total. The lowest BCUT2D eigenvalue weighted by atomic mass is 10.0. The van der Waals surface area contributed by atoms with Crippen LogP contribution in [0.1, 0.15) is 12.5 Å². The molecular formula is C22H27N9O9P2S. The fraction of sp³-hybridized carbons (Fsp3) is 0.500. The van der Waals surface area contributed by atoms with Crippen molar-refractivity contribution in [2.24, 2.45) is 5.92 Å². The van der Waals surface area contributed by atoms with E-state index in [-0.39, 0.29) is 42.2 Å². The maximum atomic E-state index is 12.4. The first-order chi connectivity index (χ1) is 20.7. The number of thiol groups is 1. The van der Waals surface area contributed by atoms with E-state index in [1.165, 1.54) is 17.2 Å². The monoisotopic (exact) mass is 655 g/mol. The smallest absolute Gasteiger partial charge is 0.261 e. The second kappa shape index (κ2) is 11.4. The van der Waals surface area contributed by atoms with E-state index < -0.39 is 70.4 Å². The van der Waals surface area contributed by atoms with Gasteiger partial charge in [-0.1, -0.05) is 12.2 Å². The van der Waals surface area contributed by atoms with Crippen LogP contribution in [0.2, 0.25) is 0 Å². The summed E-state index contributed by atoms with van der Waals surface area (Å²) in [6, 6.07) is 1.55. The number of fused-ring (bicyclic) bond motifs is 5. The van der Waals surface area contributed by atoms with E-state index in [4.69, 9.17) is 34.5 Å². The molecule has 3 aliphatic heterocycles. The van der Waals surface area contributed by atoms with E-state index in [1.807, 2.05) is 0 Å². The number of H-pyrrole nitrogens is 1. The third-order valence-electron chi connectivity index (χ3n) is 7.69. The highest BCUT2D eigenvalue weighted by molar-refractivity contribution is 8.41. The van der Waals surface area contributed by atoms with Gasteiger partial charge in [-0.15, -0.1) is 0 Å². The van der Waals surface area contributed by atoms with E-state index in [0.717, 1.165) is 0 Å². The fourth-order valence-electron chi connectivity index (χ4n) is 5.59. The Labute approximate surface area is 249 Å². The van der Waals surface area contributed by atoms with Crippen LogP contribution in [0.5, 0.6) is 0 Å². The number of ether oxygens (including phenoxy) is 2. The van der Waals surface area contributed by atoms with Crippen molar-refractivity contribution in [1.29, 1.82) is 0 Å². The van der Waals surface area contributed by atoms with Crippen LogP contribution in [-0.4, -0.2) is 99.1 Å². The summed E-state index contributed by atoms with van der Waals surface area (Å²) in [6.07, 6.45) is -2.53. The van der Waals surface area contributed by atoms with E-state index >= 15 is 0 Å². The highest BCUT2D eigenvalue weighted by atomic mass is 32.7. The van der Waals surface area contributed by atoms with Crippen molar-refractivity contribution in [2.75, 3.05) is 30.8 Å². The molecule has 8 N–H and O–H groups in total. The van der Waals surface area contributed by atoms with E-state index in [1.54, 1.807) is 16.8 Å². The summed E-state index contributed by atoms with van der Waals surface area (Å²) in [5.74, 6) is -0.525. The molecule has 10 unspecified atom stereocenters. The Morgan fingerprint density at radius 2 is 1.81 bits per heavy atom. The van der Waals surface area contributed by atoms with Gasteiger partial charge in [-0.05, 0) is 6.07 Å². The van der Waals surface area contributed by atoms with Gasteiger partial charge >= 0.3 is 0 Å². The van der Waals surface area contributed by atoms with Crippen molar-refractivity contribution in [3.05, 3.63) is 35.3 Å². The summed E-state index contributed by atoms with van der Waals surface area (Å²) in [6.45, 7) is -0.265. The highest BCUT2D eigenvalue weighted by Gasteiger charge is 2.50. The molecule has 230 valence electrons. The molecule has 3 fully saturated rings. The second-order valence-corrected chi connectivity index (χ2v) is 13.5. The second-order valence-electron chi connectivity index (χ2n) is 10.2. The molecule has 4 aromatic heterocycles. The molecule has 2 bridgehead atoms. The van der Waals surface area contributed by atoms with Gasteiger partial charge in [0.1, 0.15) is 36.3 Å². The van der Waals surface area contributed by atoms with Crippen LogP contribution in [-0.2, 0) is 23.0 Å². The van der Waals surface area contributed by atoms with Gasteiger partial charge in [-0.25, -0.2) is 15.0 Å². The molecule has 4 aromatic rings. The summed E-state index contributed by atoms with van der Waals surface area (Å²) < 4.78 is 33.2. The molecular weight excluding hydrogens is 628 g/mol. The number of anilines is 2. The number of nitrogens with zero attached hydrogens (tertiary/aromatic N) is 6. The van der Waals surface area contributed by atoms with Gasteiger partial charge in [0.2, 0.25) is 13.5 Å². The summed E-state index contributed by atoms with van der Waals surface area (Å²) in [5, 5.41) is 22.8. The zero-order valence-electron chi connectivity index (χ0n) is 22.0. The quantitative estimate of drug-likeness (QED) is 0.109. The summed E-state index contributed by atoms with van der Waals surface area (Å²) in [5.41, 5.74) is 12.2. The molecule has 3 saturated heterocycles. The van der Waals surface area contributed by atoms with Crippen molar-refractivity contribution < 1.29 is 38.2 Å². The van der Waals surface area contributed by atoms with Crippen molar-refractivity contribution in [1.82, 2.24) is 34.1 Å². The van der Waals surface area contributed by atoms with Gasteiger partial charge in [0.15, 0.2) is 37.9 Å². The Balaban J connectivity index is 1.15. The first-order valence-electron chi connectivity index (χ1n) is 13.0. The Bertz CT molecular complexity index is 1710. The Morgan fingerprint density at radius 1 is 1.02 bits per heavy atom. The number of aromatic nitrogens is 7. The number of nitrogens with one attached hydrogen (secondary N) is 1. The maximum Gasteiger partial charge on any atom is 0.261 e. The number of hydrogen-bond donors (Lipinski definition) is 7. The molecule has 43 heavy (non-hydrogen) atoms. The minimum Gasteiger partial charge on any atom is -0.388 e. The predicted molar refractivity (Wildman–Crippen MR) is 155 cm³/mol. The minimum absolute atomic E-state index is 0.0278. The average Bonchev–Trinajstić information content (AvgIpc) is 3.72. The summed E-state index contributed by atoms with van der Waals surface area (Å²) in [4.78, 5) is 42.4. The number of aliphatic hydroxyl groups excluding tert-OH is 2. The van der Waals surface area contributed by atoms with Crippen LogP contribution in [0, 0.1) is 5.92 Å². The molecule has 7 rings (SSSR count). The number of nitrogens with two attached hydrogens (primary N) is 2. The maximum absolute atomic E-state index is 12.4. The van der Waals surface area contributed by atoms with Gasteiger partial charge in [-0.2, -0.15) is 4.98 Å².